The molecule has 124 valence electrons. The van der Waals surface area contributed by atoms with Gasteiger partial charge in [-0.15, -0.1) is 0 Å². The number of hydrogen-bond donors (Lipinski definition) is 3. The molecular weight excluding hydrogens is 328 g/mol. The zero-order chi connectivity index (χ0) is 17.2. The zero-order valence-corrected chi connectivity index (χ0v) is 13.7. The van der Waals surface area contributed by atoms with Crippen LogP contribution in [0.25, 0.3) is 11.0 Å². The molecule has 1 atom stereocenters. The molecule has 0 bridgehead atoms. The van der Waals surface area contributed by atoms with Crippen LogP contribution in [0, 0.1) is 0 Å². The van der Waals surface area contributed by atoms with Gasteiger partial charge < -0.3 is 20.2 Å². The third-order valence-electron chi connectivity index (χ3n) is 3.61. The molecule has 0 saturated heterocycles. The largest absolute Gasteiger partial charge is 0.423 e. The van der Waals surface area contributed by atoms with E-state index in [1.54, 1.807) is 31.2 Å². The number of thiophene rings is 1. The predicted octanol–water partition coefficient (Wildman–Crippen LogP) is 2.88. The summed E-state index contributed by atoms with van der Waals surface area (Å²) in [6, 6.07) is 9.31. The SMILES string of the molecule is CC(O)(CNC(=O)Nc1ccc2oc(=O)ccc2c1)c1ccsc1. The quantitative estimate of drug-likeness (QED) is 0.635. The average Bonchev–Trinajstić information content (AvgIpc) is 3.09. The van der Waals surface area contributed by atoms with Crippen molar-refractivity contribution >= 4 is 34.0 Å². The number of benzene rings is 1. The van der Waals surface area contributed by atoms with Gasteiger partial charge in [0.1, 0.15) is 11.2 Å². The molecule has 0 saturated carbocycles. The molecule has 0 radical (unpaired) electrons. The van der Waals surface area contributed by atoms with Crippen molar-refractivity contribution in [1.29, 1.82) is 0 Å². The average molecular weight is 344 g/mol. The molecule has 0 aliphatic carbocycles. The van der Waals surface area contributed by atoms with Crippen molar-refractivity contribution in [2.75, 3.05) is 11.9 Å². The maximum atomic E-state index is 12.0. The lowest BCUT2D eigenvalue weighted by Crippen LogP contribution is -2.40. The molecule has 2 aromatic heterocycles. The fraction of sp³-hybridized carbons (Fsp3) is 0.176. The molecule has 0 fully saturated rings. The van der Waals surface area contributed by atoms with E-state index in [1.807, 2.05) is 16.8 Å². The maximum Gasteiger partial charge on any atom is 0.336 e. The second kappa shape index (κ2) is 6.46. The molecule has 7 heteroatoms. The van der Waals surface area contributed by atoms with Crippen LogP contribution >= 0.6 is 11.3 Å². The van der Waals surface area contributed by atoms with Gasteiger partial charge in [-0.2, -0.15) is 11.3 Å². The molecule has 0 aliphatic heterocycles. The van der Waals surface area contributed by atoms with Crippen LogP contribution in [0.5, 0.6) is 0 Å². The molecule has 6 nitrogen and oxygen atoms in total. The minimum absolute atomic E-state index is 0.0814. The van der Waals surface area contributed by atoms with Crippen molar-refractivity contribution in [3.63, 3.8) is 0 Å². The van der Waals surface area contributed by atoms with Gasteiger partial charge >= 0.3 is 11.7 Å². The Kier molecular flexibility index (Phi) is 4.37. The Morgan fingerprint density at radius 3 is 2.88 bits per heavy atom. The molecule has 2 heterocycles. The molecule has 1 unspecified atom stereocenters. The molecule has 3 rings (SSSR count). The van der Waals surface area contributed by atoms with Crippen molar-refractivity contribution in [3.05, 3.63) is 63.1 Å². The van der Waals surface area contributed by atoms with Crippen LogP contribution in [0.2, 0.25) is 0 Å². The Balaban J connectivity index is 1.64. The topological polar surface area (TPSA) is 91.6 Å². The molecule has 0 spiro atoms. The van der Waals surface area contributed by atoms with Gasteiger partial charge in [-0.05, 0) is 53.6 Å². The summed E-state index contributed by atoms with van der Waals surface area (Å²) in [7, 11) is 0. The summed E-state index contributed by atoms with van der Waals surface area (Å²) >= 11 is 1.49. The van der Waals surface area contributed by atoms with E-state index < -0.39 is 17.3 Å². The molecule has 24 heavy (non-hydrogen) atoms. The van der Waals surface area contributed by atoms with Gasteiger partial charge in [0.05, 0.1) is 6.54 Å². The number of aliphatic hydroxyl groups is 1. The first-order valence-electron chi connectivity index (χ1n) is 7.28. The van der Waals surface area contributed by atoms with E-state index in [1.165, 1.54) is 17.4 Å². The number of carbonyl (C=O) groups excluding carboxylic acids is 1. The molecule has 1 aromatic carbocycles. The van der Waals surface area contributed by atoms with Crippen LogP contribution in [0.1, 0.15) is 12.5 Å². The standard InChI is InChI=1S/C17H16N2O4S/c1-17(22,12-6-7-24-9-12)10-18-16(21)19-13-3-4-14-11(8-13)2-5-15(20)23-14/h2-9,22H,10H2,1H3,(H2,18,19,21). The summed E-state index contributed by atoms with van der Waals surface area (Å²) in [5, 5.41) is 20.1. The number of carbonyl (C=O) groups is 1. The van der Waals surface area contributed by atoms with Crippen molar-refractivity contribution < 1.29 is 14.3 Å². The highest BCUT2D eigenvalue weighted by Gasteiger charge is 2.24. The lowest BCUT2D eigenvalue weighted by atomic mass is 9.99. The number of amides is 2. The third-order valence-corrected chi connectivity index (χ3v) is 4.30. The summed E-state index contributed by atoms with van der Waals surface area (Å²) in [5.41, 5.74) is 0.215. The van der Waals surface area contributed by atoms with E-state index in [4.69, 9.17) is 4.42 Å². The van der Waals surface area contributed by atoms with Crippen molar-refractivity contribution in [1.82, 2.24) is 5.32 Å². The summed E-state index contributed by atoms with van der Waals surface area (Å²) in [4.78, 5) is 23.2. The van der Waals surface area contributed by atoms with Gasteiger partial charge in [0.25, 0.3) is 0 Å². The Labute approximate surface area is 141 Å². The minimum Gasteiger partial charge on any atom is -0.423 e. The predicted molar refractivity (Wildman–Crippen MR) is 93.4 cm³/mol. The van der Waals surface area contributed by atoms with Gasteiger partial charge in [0, 0.05) is 17.1 Å². The Bertz CT molecular complexity index is 916. The Hall–Kier alpha value is -2.64. The van der Waals surface area contributed by atoms with Gasteiger partial charge in [-0.25, -0.2) is 9.59 Å². The van der Waals surface area contributed by atoms with Gasteiger partial charge in [0.2, 0.25) is 0 Å². The molecule has 3 aromatic rings. The van der Waals surface area contributed by atoms with E-state index >= 15 is 0 Å². The van der Waals surface area contributed by atoms with Crippen LogP contribution < -0.4 is 16.3 Å². The minimum atomic E-state index is -1.13. The lowest BCUT2D eigenvalue weighted by Gasteiger charge is -2.22. The summed E-state index contributed by atoms with van der Waals surface area (Å²) in [5.74, 6) is 0. The summed E-state index contributed by atoms with van der Waals surface area (Å²) in [6.45, 7) is 1.73. The van der Waals surface area contributed by atoms with Crippen LogP contribution in [-0.2, 0) is 5.60 Å². The molecule has 2 amide bonds. The number of rotatable bonds is 4. The van der Waals surface area contributed by atoms with Gasteiger partial charge in [0.15, 0.2) is 0 Å². The van der Waals surface area contributed by atoms with E-state index in [2.05, 4.69) is 10.6 Å². The van der Waals surface area contributed by atoms with Gasteiger partial charge in [-0.1, -0.05) is 0 Å². The first-order valence-corrected chi connectivity index (χ1v) is 8.22. The molecule has 3 N–H and O–H groups in total. The third kappa shape index (κ3) is 3.64. The summed E-state index contributed by atoms with van der Waals surface area (Å²) < 4.78 is 5.04. The second-order valence-corrected chi connectivity index (χ2v) is 6.38. The number of hydrogen-bond acceptors (Lipinski definition) is 5. The van der Waals surface area contributed by atoms with Crippen LogP contribution in [0.15, 0.2) is 56.4 Å². The van der Waals surface area contributed by atoms with Gasteiger partial charge in [-0.3, -0.25) is 0 Å². The van der Waals surface area contributed by atoms with Crippen LogP contribution in [-0.4, -0.2) is 17.7 Å². The van der Waals surface area contributed by atoms with E-state index in [0.29, 0.717) is 16.7 Å². The Morgan fingerprint density at radius 1 is 1.29 bits per heavy atom. The fourth-order valence-electron chi connectivity index (χ4n) is 2.25. The normalized spacial score (nSPS) is 13.4. The second-order valence-electron chi connectivity index (χ2n) is 5.60. The number of fused-ring (bicyclic) bond motifs is 1. The lowest BCUT2D eigenvalue weighted by molar-refractivity contribution is 0.0604. The smallest absolute Gasteiger partial charge is 0.336 e. The highest BCUT2D eigenvalue weighted by molar-refractivity contribution is 7.08. The van der Waals surface area contributed by atoms with Crippen molar-refractivity contribution in [3.8, 4) is 0 Å². The van der Waals surface area contributed by atoms with Crippen molar-refractivity contribution in [2.45, 2.75) is 12.5 Å². The van der Waals surface area contributed by atoms with E-state index in [0.717, 1.165) is 5.56 Å². The molecule has 0 aliphatic rings. The highest BCUT2D eigenvalue weighted by atomic mass is 32.1. The number of urea groups is 1. The highest BCUT2D eigenvalue weighted by Crippen LogP contribution is 2.22. The van der Waals surface area contributed by atoms with Crippen molar-refractivity contribution in [2.24, 2.45) is 0 Å². The first kappa shape index (κ1) is 16.2. The maximum absolute atomic E-state index is 12.0. The monoisotopic (exact) mass is 344 g/mol. The van der Waals surface area contributed by atoms with Crippen LogP contribution in [0.4, 0.5) is 10.5 Å². The fourth-order valence-corrected chi connectivity index (χ4v) is 3.03. The first-order chi connectivity index (χ1) is 11.4. The molecular formula is C17H16N2O4S. The summed E-state index contributed by atoms with van der Waals surface area (Å²) in [6.07, 6.45) is 0. The van der Waals surface area contributed by atoms with Crippen LogP contribution in [0.3, 0.4) is 0 Å². The zero-order valence-electron chi connectivity index (χ0n) is 12.9. The number of nitrogens with one attached hydrogen (secondary N) is 2. The Morgan fingerprint density at radius 2 is 2.12 bits per heavy atom. The van der Waals surface area contributed by atoms with E-state index in [-0.39, 0.29) is 6.54 Å². The number of anilines is 1. The van der Waals surface area contributed by atoms with E-state index in [9.17, 15) is 14.7 Å².